The molecule has 0 radical (unpaired) electrons. The van der Waals surface area contributed by atoms with Crippen molar-refractivity contribution in [3.63, 3.8) is 0 Å². The summed E-state index contributed by atoms with van der Waals surface area (Å²) in [6.45, 7) is 8.09. The molecule has 1 aromatic carbocycles. The molecule has 2 amide bonds. The third-order valence-electron chi connectivity index (χ3n) is 3.77. The van der Waals surface area contributed by atoms with Crippen LogP contribution in [0.25, 0.3) is 0 Å². The first-order valence-electron chi connectivity index (χ1n) is 7.57. The molecular weight excluding hydrogens is 280 g/mol. The maximum Gasteiger partial charge on any atom is 0.412 e. The van der Waals surface area contributed by atoms with Crippen LogP contribution in [-0.2, 0) is 16.1 Å². The van der Waals surface area contributed by atoms with Crippen LogP contribution in [0.5, 0.6) is 0 Å². The minimum Gasteiger partial charge on any atom is -0.444 e. The molecule has 0 spiro atoms. The maximum atomic E-state index is 12.5. The minimum atomic E-state index is -0.392. The van der Waals surface area contributed by atoms with E-state index in [0.717, 1.165) is 5.56 Å². The molecule has 1 aliphatic rings. The lowest BCUT2D eigenvalue weighted by Crippen LogP contribution is -2.64. The van der Waals surface area contributed by atoms with Crippen LogP contribution in [0.2, 0.25) is 0 Å². The van der Waals surface area contributed by atoms with Gasteiger partial charge in [0.05, 0.1) is 0 Å². The zero-order valence-electron chi connectivity index (χ0n) is 13.6. The van der Waals surface area contributed by atoms with Gasteiger partial charge in [-0.3, -0.25) is 9.69 Å². The van der Waals surface area contributed by atoms with Crippen molar-refractivity contribution in [2.24, 2.45) is 5.41 Å². The highest BCUT2D eigenvalue weighted by molar-refractivity contribution is 5.80. The van der Waals surface area contributed by atoms with Crippen LogP contribution in [0.15, 0.2) is 30.3 Å². The number of nitrogens with zero attached hydrogens (tertiary/aromatic N) is 1. The van der Waals surface area contributed by atoms with Crippen molar-refractivity contribution >= 4 is 12.0 Å². The predicted octanol–water partition coefficient (Wildman–Crippen LogP) is 2.91. The number of amides is 2. The van der Waals surface area contributed by atoms with Crippen LogP contribution in [0.3, 0.4) is 0 Å². The Labute approximate surface area is 131 Å². The highest BCUT2D eigenvalue weighted by atomic mass is 16.6. The molecule has 0 aromatic heterocycles. The van der Waals surface area contributed by atoms with Gasteiger partial charge in [0.15, 0.2) is 0 Å². The Hall–Kier alpha value is -2.04. The molecule has 1 fully saturated rings. The molecule has 1 aliphatic heterocycles. The second-order valence-corrected chi connectivity index (χ2v) is 6.84. The van der Waals surface area contributed by atoms with Crippen molar-refractivity contribution in [2.45, 2.75) is 52.9 Å². The van der Waals surface area contributed by atoms with Crippen LogP contribution in [0, 0.1) is 5.41 Å². The Morgan fingerprint density at radius 2 is 1.95 bits per heavy atom. The van der Waals surface area contributed by atoms with Gasteiger partial charge in [0.2, 0.25) is 5.91 Å². The summed E-state index contributed by atoms with van der Waals surface area (Å²) >= 11 is 0. The van der Waals surface area contributed by atoms with Crippen LogP contribution in [0.1, 0.15) is 39.7 Å². The molecule has 120 valence electrons. The fraction of sp³-hybridized carbons (Fsp3) is 0.529. The van der Waals surface area contributed by atoms with E-state index in [9.17, 15) is 9.59 Å². The first-order chi connectivity index (χ1) is 10.3. The lowest BCUT2D eigenvalue weighted by molar-refractivity contribution is -0.130. The number of carbonyl (C=O) groups excluding carboxylic acids is 2. The van der Waals surface area contributed by atoms with E-state index in [0.29, 0.717) is 6.42 Å². The van der Waals surface area contributed by atoms with E-state index in [1.807, 2.05) is 58.0 Å². The monoisotopic (exact) mass is 304 g/mol. The predicted molar refractivity (Wildman–Crippen MR) is 83.9 cm³/mol. The van der Waals surface area contributed by atoms with Gasteiger partial charge < -0.3 is 10.1 Å². The number of hydrogen-bond acceptors (Lipinski definition) is 3. The van der Waals surface area contributed by atoms with E-state index in [2.05, 4.69) is 5.32 Å². The average molecular weight is 304 g/mol. The number of nitrogens with one attached hydrogen (secondary N) is 1. The van der Waals surface area contributed by atoms with E-state index in [4.69, 9.17) is 4.74 Å². The fourth-order valence-corrected chi connectivity index (χ4v) is 2.62. The van der Waals surface area contributed by atoms with Crippen molar-refractivity contribution in [3.05, 3.63) is 35.9 Å². The van der Waals surface area contributed by atoms with Crippen molar-refractivity contribution in [1.82, 2.24) is 10.2 Å². The van der Waals surface area contributed by atoms with Gasteiger partial charge >= 0.3 is 6.09 Å². The lowest BCUT2D eigenvalue weighted by atomic mass is 9.88. The third-order valence-corrected chi connectivity index (χ3v) is 3.77. The molecular formula is C17H24N2O3. The Morgan fingerprint density at radius 1 is 1.32 bits per heavy atom. The molecule has 1 heterocycles. The second kappa shape index (κ2) is 6.38. The summed E-state index contributed by atoms with van der Waals surface area (Å²) in [5.41, 5.74) is 0.674. The Morgan fingerprint density at radius 3 is 2.55 bits per heavy atom. The topological polar surface area (TPSA) is 58.6 Å². The van der Waals surface area contributed by atoms with Gasteiger partial charge in [-0.05, 0) is 12.5 Å². The SMILES string of the molecule is C[C@H]1CC(=O)N[C@@H](C(C)(C)C)N1C(=O)OCc1ccccc1. The largest absolute Gasteiger partial charge is 0.444 e. The van der Waals surface area contributed by atoms with E-state index >= 15 is 0 Å². The minimum absolute atomic E-state index is 0.0282. The summed E-state index contributed by atoms with van der Waals surface area (Å²) in [5, 5.41) is 2.90. The smallest absolute Gasteiger partial charge is 0.412 e. The average Bonchev–Trinajstić information content (AvgIpc) is 2.44. The van der Waals surface area contributed by atoms with Gasteiger partial charge in [-0.25, -0.2) is 4.79 Å². The van der Waals surface area contributed by atoms with E-state index in [1.54, 1.807) is 4.90 Å². The maximum absolute atomic E-state index is 12.5. The zero-order valence-corrected chi connectivity index (χ0v) is 13.6. The molecule has 2 atom stereocenters. The quantitative estimate of drug-likeness (QED) is 0.914. The first-order valence-corrected chi connectivity index (χ1v) is 7.57. The van der Waals surface area contributed by atoms with Gasteiger partial charge in [-0.1, -0.05) is 51.1 Å². The van der Waals surface area contributed by atoms with Crippen molar-refractivity contribution in [1.29, 1.82) is 0 Å². The molecule has 22 heavy (non-hydrogen) atoms. The van der Waals surface area contributed by atoms with Gasteiger partial charge in [-0.2, -0.15) is 0 Å². The normalized spacial score (nSPS) is 22.2. The number of rotatable bonds is 2. The highest BCUT2D eigenvalue weighted by Gasteiger charge is 2.42. The molecule has 0 saturated carbocycles. The van der Waals surface area contributed by atoms with Crippen LogP contribution >= 0.6 is 0 Å². The van der Waals surface area contributed by atoms with Crippen LogP contribution in [-0.4, -0.2) is 29.1 Å². The molecule has 0 unspecified atom stereocenters. The molecule has 0 aliphatic carbocycles. The zero-order chi connectivity index (χ0) is 16.3. The molecule has 2 rings (SSSR count). The van der Waals surface area contributed by atoms with Crippen LogP contribution in [0.4, 0.5) is 4.79 Å². The van der Waals surface area contributed by atoms with E-state index in [1.165, 1.54) is 0 Å². The van der Waals surface area contributed by atoms with Crippen LogP contribution < -0.4 is 5.32 Å². The molecule has 5 nitrogen and oxygen atoms in total. The molecule has 0 bridgehead atoms. The van der Waals surface area contributed by atoms with Crippen molar-refractivity contribution in [3.8, 4) is 0 Å². The Bertz CT molecular complexity index is 537. The second-order valence-electron chi connectivity index (χ2n) is 6.84. The fourth-order valence-electron chi connectivity index (χ4n) is 2.62. The Balaban J connectivity index is 2.09. The summed E-state index contributed by atoms with van der Waals surface area (Å²) in [6.07, 6.45) is -0.462. The van der Waals surface area contributed by atoms with Crippen molar-refractivity contribution < 1.29 is 14.3 Å². The standard InChI is InChI=1S/C17H24N2O3/c1-12-10-14(20)18-15(17(2,3)4)19(12)16(21)22-11-13-8-6-5-7-9-13/h5-9,12,15H,10-11H2,1-4H3,(H,18,20)/t12-,15+/m0/s1. The lowest BCUT2D eigenvalue weighted by Gasteiger charge is -2.45. The van der Waals surface area contributed by atoms with Gasteiger partial charge in [0.25, 0.3) is 0 Å². The Kier molecular flexibility index (Phi) is 4.74. The molecule has 1 aromatic rings. The number of hydrogen-bond donors (Lipinski definition) is 1. The number of carbonyl (C=O) groups is 2. The van der Waals surface area contributed by atoms with Crippen molar-refractivity contribution in [2.75, 3.05) is 0 Å². The molecule has 1 saturated heterocycles. The highest BCUT2D eigenvalue weighted by Crippen LogP contribution is 2.28. The summed E-state index contributed by atoms with van der Waals surface area (Å²) in [5.74, 6) is -0.0282. The van der Waals surface area contributed by atoms with Gasteiger partial charge in [-0.15, -0.1) is 0 Å². The summed E-state index contributed by atoms with van der Waals surface area (Å²) in [7, 11) is 0. The van der Waals surface area contributed by atoms with Gasteiger partial charge in [0, 0.05) is 17.9 Å². The number of ether oxygens (including phenoxy) is 1. The number of benzene rings is 1. The first kappa shape index (κ1) is 16.3. The molecule has 1 N–H and O–H groups in total. The summed E-state index contributed by atoms with van der Waals surface area (Å²) in [6, 6.07) is 9.38. The van der Waals surface area contributed by atoms with Gasteiger partial charge in [0.1, 0.15) is 12.8 Å². The third kappa shape index (κ3) is 3.78. The van der Waals surface area contributed by atoms with E-state index in [-0.39, 0.29) is 30.1 Å². The van der Waals surface area contributed by atoms with E-state index < -0.39 is 6.09 Å². The summed E-state index contributed by atoms with van der Waals surface area (Å²) in [4.78, 5) is 25.9. The molecule has 5 heteroatoms. The summed E-state index contributed by atoms with van der Waals surface area (Å²) < 4.78 is 5.43.